The van der Waals surface area contributed by atoms with E-state index in [9.17, 15) is 31.1 Å². The Morgan fingerprint density at radius 3 is 1.69 bits per heavy atom. The lowest BCUT2D eigenvalue weighted by atomic mass is 9.85. The first kappa shape index (κ1) is 32.9. The number of rotatable bonds is 10. The predicted molar refractivity (Wildman–Crippen MR) is 147 cm³/mol. The number of hydrogen-bond acceptors (Lipinski definition) is 4. The Morgan fingerprint density at radius 1 is 0.786 bits per heavy atom. The highest BCUT2D eigenvalue weighted by Gasteiger charge is 2.37. The summed E-state index contributed by atoms with van der Waals surface area (Å²) in [5, 5.41) is 5.99. The molecule has 11 heteroatoms. The third-order valence-electron chi connectivity index (χ3n) is 6.13. The molecule has 0 bridgehead atoms. The van der Waals surface area contributed by atoms with Crippen LogP contribution < -0.4 is 10.6 Å². The fraction of sp³-hybridized carbons (Fsp3) is 0.387. The third kappa shape index (κ3) is 10.1. The van der Waals surface area contributed by atoms with Gasteiger partial charge in [-0.25, -0.2) is 4.79 Å². The van der Waals surface area contributed by atoms with Crippen LogP contribution in [-0.2, 0) is 28.4 Å². The maximum Gasteiger partial charge on any atom is 0.416 e. The maximum atomic E-state index is 13.4. The lowest BCUT2D eigenvalue weighted by Crippen LogP contribution is -2.52. The molecular formula is C31H34F6N2O3. The fourth-order valence-corrected chi connectivity index (χ4v) is 4.47. The molecular weight excluding hydrogens is 562 g/mol. The van der Waals surface area contributed by atoms with Gasteiger partial charge in [0.05, 0.1) is 30.5 Å². The molecule has 2 N–H and O–H groups in total. The first-order valence-corrected chi connectivity index (χ1v) is 13.2. The van der Waals surface area contributed by atoms with Crippen LogP contribution in [0.1, 0.15) is 61.4 Å². The van der Waals surface area contributed by atoms with Gasteiger partial charge in [-0.15, -0.1) is 0 Å². The average Bonchev–Trinajstić information content (AvgIpc) is 2.87. The van der Waals surface area contributed by atoms with Gasteiger partial charge in [-0.1, -0.05) is 60.7 Å². The third-order valence-corrected chi connectivity index (χ3v) is 6.13. The van der Waals surface area contributed by atoms with Crippen LogP contribution in [-0.4, -0.2) is 30.5 Å². The van der Waals surface area contributed by atoms with Gasteiger partial charge in [-0.2, -0.15) is 26.3 Å². The Kier molecular flexibility index (Phi) is 10.7. The topological polar surface area (TPSA) is 59.6 Å². The number of amides is 1. The van der Waals surface area contributed by atoms with Gasteiger partial charge < -0.3 is 14.8 Å². The second-order valence-corrected chi connectivity index (χ2v) is 10.9. The van der Waals surface area contributed by atoms with Crippen molar-refractivity contribution in [2.24, 2.45) is 0 Å². The summed E-state index contributed by atoms with van der Waals surface area (Å²) in [4.78, 5) is 12.4. The van der Waals surface area contributed by atoms with E-state index in [1.165, 1.54) is 0 Å². The maximum absolute atomic E-state index is 13.4. The van der Waals surface area contributed by atoms with Crippen molar-refractivity contribution in [3.8, 4) is 0 Å². The second-order valence-electron chi connectivity index (χ2n) is 10.9. The number of alkyl carbamates (subject to hydrolysis) is 1. The minimum atomic E-state index is -4.96. The predicted octanol–water partition coefficient (Wildman–Crippen LogP) is 7.90. The standard InChI is InChI=1S/C31H34F6N2O3/c1-20(39-28(40)42-29(2,3)4)38-26(27(22-11-7-5-8-12-22)23-13-9-6-10-14-23)19-41-18-21-15-24(30(32,33)34)17-25(16-21)31(35,36)37/h5-17,20,26-27,38H,18-19H2,1-4H3,(H,39,40). The zero-order chi connectivity index (χ0) is 31.1. The van der Waals surface area contributed by atoms with Gasteiger partial charge in [0.2, 0.25) is 0 Å². The van der Waals surface area contributed by atoms with Crippen LogP contribution >= 0.6 is 0 Å². The summed E-state index contributed by atoms with van der Waals surface area (Å²) >= 11 is 0. The van der Waals surface area contributed by atoms with E-state index in [0.29, 0.717) is 12.1 Å². The molecule has 2 unspecified atom stereocenters. The van der Waals surface area contributed by atoms with Gasteiger partial charge in [0.1, 0.15) is 5.60 Å². The smallest absolute Gasteiger partial charge is 0.416 e. The molecule has 0 aromatic heterocycles. The minimum Gasteiger partial charge on any atom is -0.444 e. The highest BCUT2D eigenvalue weighted by atomic mass is 19.4. The first-order chi connectivity index (χ1) is 19.5. The highest BCUT2D eigenvalue weighted by Crippen LogP contribution is 2.36. The van der Waals surface area contributed by atoms with E-state index in [0.717, 1.165) is 11.1 Å². The fourth-order valence-electron chi connectivity index (χ4n) is 4.47. The number of nitrogens with one attached hydrogen (secondary N) is 2. The molecule has 0 radical (unpaired) electrons. The van der Waals surface area contributed by atoms with Gasteiger partial charge in [0.25, 0.3) is 0 Å². The summed E-state index contributed by atoms with van der Waals surface area (Å²) < 4.78 is 91.2. The van der Waals surface area contributed by atoms with Crippen LogP contribution in [0.3, 0.4) is 0 Å². The van der Waals surface area contributed by atoms with Crippen LogP contribution in [0, 0.1) is 0 Å². The van der Waals surface area contributed by atoms with E-state index in [-0.39, 0.29) is 24.2 Å². The zero-order valence-corrected chi connectivity index (χ0v) is 23.6. The number of halogens is 6. The van der Waals surface area contributed by atoms with Crippen LogP contribution in [0.25, 0.3) is 0 Å². The van der Waals surface area contributed by atoms with Crippen molar-refractivity contribution < 1.29 is 40.6 Å². The van der Waals surface area contributed by atoms with Crippen molar-refractivity contribution in [3.05, 3.63) is 107 Å². The van der Waals surface area contributed by atoms with Gasteiger partial charge in [0.15, 0.2) is 0 Å². The van der Waals surface area contributed by atoms with Gasteiger partial charge in [-0.05, 0) is 62.6 Å². The van der Waals surface area contributed by atoms with E-state index in [1.54, 1.807) is 27.7 Å². The molecule has 1 amide bonds. The van der Waals surface area contributed by atoms with E-state index in [4.69, 9.17) is 9.47 Å². The largest absolute Gasteiger partial charge is 0.444 e. The Labute approximate surface area is 241 Å². The molecule has 0 aliphatic carbocycles. The first-order valence-electron chi connectivity index (χ1n) is 13.2. The normalized spacial score (nSPS) is 14.0. The van der Waals surface area contributed by atoms with Gasteiger partial charge in [0, 0.05) is 12.0 Å². The lowest BCUT2D eigenvalue weighted by Gasteiger charge is -2.32. The number of carbonyl (C=O) groups is 1. The van der Waals surface area contributed by atoms with Crippen molar-refractivity contribution in [1.29, 1.82) is 0 Å². The summed E-state index contributed by atoms with van der Waals surface area (Å²) in [6.45, 7) is 6.23. The van der Waals surface area contributed by atoms with E-state index < -0.39 is 54.0 Å². The molecule has 0 aliphatic rings. The molecule has 5 nitrogen and oxygen atoms in total. The number of carbonyl (C=O) groups excluding carboxylic acids is 1. The van der Waals surface area contributed by atoms with E-state index in [2.05, 4.69) is 10.6 Å². The quantitative estimate of drug-likeness (QED) is 0.185. The summed E-state index contributed by atoms with van der Waals surface area (Å²) in [7, 11) is 0. The molecule has 0 fully saturated rings. The number of hydrogen-bond donors (Lipinski definition) is 2. The summed E-state index contributed by atoms with van der Waals surface area (Å²) in [6, 6.07) is 19.5. The Hall–Kier alpha value is -3.57. The monoisotopic (exact) mass is 596 g/mol. The number of benzene rings is 3. The van der Waals surface area contributed by atoms with Crippen molar-refractivity contribution in [1.82, 2.24) is 10.6 Å². The zero-order valence-electron chi connectivity index (χ0n) is 23.6. The number of ether oxygens (including phenoxy) is 2. The van der Waals surface area contributed by atoms with Gasteiger partial charge >= 0.3 is 18.4 Å². The molecule has 0 spiro atoms. The molecule has 42 heavy (non-hydrogen) atoms. The van der Waals surface area contributed by atoms with E-state index in [1.807, 2.05) is 60.7 Å². The van der Waals surface area contributed by atoms with E-state index >= 15 is 0 Å². The van der Waals surface area contributed by atoms with Crippen molar-refractivity contribution in [2.45, 2.75) is 70.4 Å². The molecule has 2 atom stereocenters. The molecule has 228 valence electrons. The van der Waals surface area contributed by atoms with Crippen LogP contribution in [0.5, 0.6) is 0 Å². The van der Waals surface area contributed by atoms with Crippen LogP contribution in [0.4, 0.5) is 31.1 Å². The Bertz CT molecular complexity index is 1220. The van der Waals surface area contributed by atoms with Crippen molar-refractivity contribution >= 4 is 6.09 Å². The molecule has 3 aromatic rings. The summed E-state index contributed by atoms with van der Waals surface area (Å²) in [5.41, 5.74) is -2.06. The molecule has 3 rings (SSSR count). The minimum absolute atomic E-state index is 0.0821. The Morgan fingerprint density at radius 2 is 1.26 bits per heavy atom. The van der Waals surface area contributed by atoms with Crippen LogP contribution in [0.2, 0.25) is 0 Å². The Balaban J connectivity index is 1.90. The van der Waals surface area contributed by atoms with Crippen molar-refractivity contribution in [2.75, 3.05) is 6.61 Å². The second kappa shape index (κ2) is 13.6. The average molecular weight is 597 g/mol. The molecule has 0 saturated carbocycles. The molecule has 0 aliphatic heterocycles. The van der Waals surface area contributed by atoms with Crippen molar-refractivity contribution in [3.63, 3.8) is 0 Å². The van der Waals surface area contributed by atoms with Gasteiger partial charge in [-0.3, -0.25) is 5.32 Å². The molecule has 3 aromatic carbocycles. The molecule has 0 saturated heterocycles. The summed E-state index contributed by atoms with van der Waals surface area (Å²) in [5.74, 6) is -0.359. The SMILES string of the molecule is CC(NC(=O)OC(C)(C)C)NC(COCc1cc(C(F)(F)F)cc(C(F)(F)F)c1)C(c1ccccc1)c1ccccc1. The van der Waals surface area contributed by atoms with Crippen LogP contribution in [0.15, 0.2) is 78.9 Å². The summed E-state index contributed by atoms with van der Waals surface area (Å²) in [6.07, 6.45) is -11.2. The molecule has 0 heterocycles. The highest BCUT2D eigenvalue weighted by molar-refractivity contribution is 5.67. The lowest BCUT2D eigenvalue weighted by molar-refractivity contribution is -0.143. The number of alkyl halides is 6.